The summed E-state index contributed by atoms with van der Waals surface area (Å²) in [5.74, 6) is -0.246. The zero-order valence-corrected chi connectivity index (χ0v) is 16.7. The van der Waals surface area contributed by atoms with Gasteiger partial charge < -0.3 is 5.73 Å². The number of nitrogens with zero attached hydrogens (tertiary/aromatic N) is 3. The Bertz CT molecular complexity index is 1150. The average Bonchev–Trinajstić information content (AvgIpc) is 3.01. The van der Waals surface area contributed by atoms with Gasteiger partial charge in [-0.05, 0) is 61.4 Å². The number of aromatic nitrogens is 2. The fourth-order valence-corrected chi connectivity index (χ4v) is 3.91. The number of nitrogen functional groups attached to an aromatic ring is 1. The van der Waals surface area contributed by atoms with Crippen LogP contribution in [0.3, 0.4) is 0 Å². The molecule has 1 aromatic heterocycles. The Balaban J connectivity index is 1.68. The fraction of sp³-hybridized carbons (Fsp3) is 0.158. The number of hydrogen-bond acceptors (Lipinski definition) is 5. The summed E-state index contributed by atoms with van der Waals surface area (Å²) >= 11 is 5.77. The first-order chi connectivity index (χ1) is 13.8. The van der Waals surface area contributed by atoms with Gasteiger partial charge in [-0.1, -0.05) is 11.6 Å². The van der Waals surface area contributed by atoms with Crippen LogP contribution in [0.1, 0.15) is 17.7 Å². The molecule has 3 N–H and O–H groups in total. The molecule has 2 aromatic carbocycles. The van der Waals surface area contributed by atoms with Gasteiger partial charge in [0, 0.05) is 11.6 Å². The maximum Gasteiger partial charge on any atom is 0.240 e. The molecule has 0 fully saturated rings. The molecule has 1 heterocycles. The second-order valence-corrected chi connectivity index (χ2v) is 8.37. The highest BCUT2D eigenvalue weighted by molar-refractivity contribution is 7.89. The number of nitrogens with one attached hydrogen (secondary N) is 1. The smallest absolute Gasteiger partial charge is 0.240 e. The first-order valence-corrected chi connectivity index (χ1v) is 10.5. The van der Waals surface area contributed by atoms with Crippen LogP contribution in [-0.2, 0) is 16.4 Å². The standard InChI is InChI=1S/C19H17ClFN5O2S/c20-13-3-9-16(10-4-13)29(27,28)24-11-1-2-18-17(12-22)19(23)26(25-18)15-7-5-14(21)6-8-15/h3-10,24H,1-2,11,23H2. The first kappa shape index (κ1) is 20.8. The molecule has 29 heavy (non-hydrogen) atoms. The second kappa shape index (κ2) is 8.61. The molecular formula is C19H17ClFN5O2S. The lowest BCUT2D eigenvalue weighted by Gasteiger charge is -2.06. The van der Waals surface area contributed by atoms with E-state index in [-0.39, 0.29) is 22.8 Å². The summed E-state index contributed by atoms with van der Waals surface area (Å²) in [6, 6.07) is 13.4. The van der Waals surface area contributed by atoms with Crippen LogP contribution < -0.4 is 10.5 Å². The third-order valence-corrected chi connectivity index (χ3v) is 5.91. The Labute approximate surface area is 172 Å². The van der Waals surface area contributed by atoms with Gasteiger partial charge in [-0.3, -0.25) is 0 Å². The summed E-state index contributed by atoms with van der Waals surface area (Å²) in [7, 11) is -3.66. The predicted octanol–water partition coefficient (Wildman–Crippen LogP) is 3.03. The van der Waals surface area contributed by atoms with Gasteiger partial charge in [-0.2, -0.15) is 10.4 Å². The minimum atomic E-state index is -3.66. The van der Waals surface area contributed by atoms with Crippen molar-refractivity contribution in [3.63, 3.8) is 0 Å². The van der Waals surface area contributed by atoms with Crippen LogP contribution in [0.2, 0.25) is 5.02 Å². The van der Waals surface area contributed by atoms with Crippen molar-refractivity contribution in [2.24, 2.45) is 0 Å². The van der Waals surface area contributed by atoms with Crippen LogP contribution in [0.5, 0.6) is 0 Å². The largest absolute Gasteiger partial charge is 0.382 e. The summed E-state index contributed by atoms with van der Waals surface area (Å²) < 4.78 is 41.5. The Kier molecular flexibility index (Phi) is 6.17. The molecule has 3 rings (SSSR count). The highest BCUT2D eigenvalue weighted by Gasteiger charge is 2.17. The minimum absolute atomic E-state index is 0.115. The Morgan fingerprint density at radius 1 is 1.17 bits per heavy atom. The Morgan fingerprint density at radius 2 is 1.83 bits per heavy atom. The van der Waals surface area contributed by atoms with E-state index >= 15 is 0 Å². The second-order valence-electron chi connectivity index (χ2n) is 6.16. The van der Waals surface area contributed by atoms with E-state index in [1.54, 1.807) is 0 Å². The predicted molar refractivity (Wildman–Crippen MR) is 108 cm³/mol. The Hall–Kier alpha value is -2.93. The molecular weight excluding hydrogens is 417 g/mol. The average molecular weight is 434 g/mol. The van der Waals surface area contributed by atoms with Crippen molar-refractivity contribution in [1.82, 2.24) is 14.5 Å². The highest BCUT2D eigenvalue weighted by Crippen LogP contribution is 2.22. The zero-order chi connectivity index (χ0) is 21.0. The number of rotatable bonds is 7. The lowest BCUT2D eigenvalue weighted by atomic mass is 10.1. The van der Waals surface area contributed by atoms with E-state index in [1.807, 2.05) is 6.07 Å². The monoisotopic (exact) mass is 433 g/mol. The Morgan fingerprint density at radius 3 is 2.45 bits per heavy atom. The normalized spacial score (nSPS) is 11.3. The number of benzene rings is 2. The van der Waals surface area contributed by atoms with Crippen molar-refractivity contribution in [2.75, 3.05) is 12.3 Å². The molecule has 3 aromatic rings. The van der Waals surface area contributed by atoms with E-state index in [1.165, 1.54) is 53.2 Å². The van der Waals surface area contributed by atoms with Gasteiger partial charge in [0.2, 0.25) is 10.0 Å². The van der Waals surface area contributed by atoms with Crippen LogP contribution in [0, 0.1) is 17.1 Å². The molecule has 7 nitrogen and oxygen atoms in total. The van der Waals surface area contributed by atoms with Crippen molar-refractivity contribution < 1.29 is 12.8 Å². The topological polar surface area (TPSA) is 114 Å². The maximum atomic E-state index is 13.1. The van der Waals surface area contributed by atoms with E-state index in [0.29, 0.717) is 29.2 Å². The molecule has 0 saturated carbocycles. The summed E-state index contributed by atoms with van der Waals surface area (Å²) in [6.45, 7) is 0.152. The minimum Gasteiger partial charge on any atom is -0.382 e. The van der Waals surface area contributed by atoms with Gasteiger partial charge in [0.1, 0.15) is 23.3 Å². The van der Waals surface area contributed by atoms with E-state index in [9.17, 15) is 18.1 Å². The van der Waals surface area contributed by atoms with Gasteiger partial charge >= 0.3 is 0 Å². The van der Waals surface area contributed by atoms with Gasteiger partial charge in [0.25, 0.3) is 0 Å². The molecule has 0 unspecified atom stereocenters. The van der Waals surface area contributed by atoms with E-state index in [4.69, 9.17) is 17.3 Å². The highest BCUT2D eigenvalue weighted by atomic mass is 35.5. The number of halogens is 2. The van der Waals surface area contributed by atoms with E-state index in [2.05, 4.69) is 9.82 Å². The lowest BCUT2D eigenvalue weighted by Crippen LogP contribution is -2.25. The van der Waals surface area contributed by atoms with Crippen molar-refractivity contribution in [1.29, 1.82) is 5.26 Å². The zero-order valence-electron chi connectivity index (χ0n) is 15.1. The number of sulfonamides is 1. The van der Waals surface area contributed by atoms with Crippen LogP contribution in [0.4, 0.5) is 10.2 Å². The number of anilines is 1. The third-order valence-electron chi connectivity index (χ3n) is 4.18. The number of hydrogen-bond donors (Lipinski definition) is 2. The summed E-state index contributed by atoms with van der Waals surface area (Å²) in [6.07, 6.45) is 0.742. The quantitative estimate of drug-likeness (QED) is 0.556. The fourth-order valence-electron chi connectivity index (χ4n) is 2.71. The van der Waals surface area contributed by atoms with Crippen LogP contribution in [0.15, 0.2) is 53.4 Å². The molecule has 0 amide bonds. The van der Waals surface area contributed by atoms with Crippen LogP contribution in [0.25, 0.3) is 5.69 Å². The summed E-state index contributed by atoms with van der Waals surface area (Å²) in [5.41, 5.74) is 7.19. The van der Waals surface area contributed by atoms with Crippen LogP contribution in [-0.4, -0.2) is 24.7 Å². The van der Waals surface area contributed by atoms with Crippen LogP contribution >= 0.6 is 11.6 Å². The van der Waals surface area contributed by atoms with Crippen molar-refractivity contribution >= 4 is 27.4 Å². The molecule has 0 spiro atoms. The van der Waals surface area contributed by atoms with E-state index < -0.39 is 15.8 Å². The number of aryl methyl sites for hydroxylation is 1. The van der Waals surface area contributed by atoms with Crippen molar-refractivity contribution in [2.45, 2.75) is 17.7 Å². The molecule has 0 aliphatic heterocycles. The van der Waals surface area contributed by atoms with Crippen molar-refractivity contribution in [3.8, 4) is 11.8 Å². The summed E-state index contributed by atoms with van der Waals surface area (Å²) in [5, 5.41) is 14.2. The SMILES string of the molecule is N#Cc1c(CCCNS(=O)(=O)c2ccc(Cl)cc2)nn(-c2ccc(F)cc2)c1N. The number of nitrogens with two attached hydrogens (primary N) is 1. The van der Waals surface area contributed by atoms with Gasteiger partial charge in [0.15, 0.2) is 0 Å². The molecule has 0 aliphatic rings. The number of nitriles is 1. The third kappa shape index (κ3) is 4.74. The molecule has 0 radical (unpaired) electrons. The van der Waals surface area contributed by atoms with Crippen molar-refractivity contribution in [3.05, 3.63) is 70.6 Å². The van der Waals surface area contributed by atoms with Gasteiger partial charge in [-0.25, -0.2) is 22.2 Å². The maximum absolute atomic E-state index is 13.1. The molecule has 0 saturated heterocycles. The molecule has 150 valence electrons. The first-order valence-electron chi connectivity index (χ1n) is 8.60. The summed E-state index contributed by atoms with van der Waals surface area (Å²) in [4.78, 5) is 0.115. The van der Waals surface area contributed by atoms with E-state index in [0.717, 1.165) is 0 Å². The van der Waals surface area contributed by atoms with Gasteiger partial charge in [-0.15, -0.1) is 0 Å². The van der Waals surface area contributed by atoms with Gasteiger partial charge in [0.05, 0.1) is 16.3 Å². The molecule has 10 heteroatoms. The lowest BCUT2D eigenvalue weighted by molar-refractivity contribution is 0.578. The molecule has 0 bridgehead atoms. The molecule has 0 atom stereocenters. The molecule has 0 aliphatic carbocycles.